The van der Waals surface area contributed by atoms with Gasteiger partial charge in [0.2, 0.25) is 5.89 Å². The molecule has 1 aliphatic rings. The molecule has 9 nitrogen and oxygen atoms in total. The number of alkyl carbamates (subject to hydrolysis) is 1. The van der Waals surface area contributed by atoms with Crippen LogP contribution in [0, 0.1) is 19.8 Å². The van der Waals surface area contributed by atoms with E-state index in [1.54, 1.807) is 0 Å². The normalized spacial score (nSPS) is 15.8. The van der Waals surface area contributed by atoms with Crippen molar-refractivity contribution in [3.63, 3.8) is 0 Å². The number of oxazole rings is 1. The van der Waals surface area contributed by atoms with Gasteiger partial charge in [-0.05, 0) is 73.4 Å². The number of hydrogen-bond acceptors (Lipinski definition) is 6. The molecule has 2 heterocycles. The quantitative estimate of drug-likeness (QED) is 0.193. The number of likely N-dealkylation sites (tertiary alicyclic amines) is 1. The lowest BCUT2D eigenvalue weighted by molar-refractivity contribution is 0.0529. The number of nitrogens with one attached hydrogen (secondary N) is 3. The number of guanidine groups is 1. The number of ether oxygens (including phenoxy) is 1. The smallest absolute Gasteiger partial charge is 0.407 e. The van der Waals surface area contributed by atoms with Crippen LogP contribution in [0.15, 0.2) is 9.41 Å². The number of carbonyl (C=O) groups is 1. The first kappa shape index (κ1) is 28.5. The second-order valence-electron chi connectivity index (χ2n) is 9.04. The minimum atomic E-state index is -0.490. The van der Waals surface area contributed by atoms with Gasteiger partial charge in [-0.25, -0.2) is 9.78 Å². The van der Waals surface area contributed by atoms with Crippen LogP contribution in [0.25, 0.3) is 0 Å². The van der Waals surface area contributed by atoms with Crippen molar-refractivity contribution in [1.82, 2.24) is 25.8 Å². The van der Waals surface area contributed by atoms with Gasteiger partial charge in [0.25, 0.3) is 0 Å². The average Bonchev–Trinajstić information content (AvgIpc) is 3.00. The zero-order valence-electron chi connectivity index (χ0n) is 20.4. The predicted octanol–water partition coefficient (Wildman–Crippen LogP) is 3.20. The highest BCUT2D eigenvalue weighted by Gasteiger charge is 2.21. The van der Waals surface area contributed by atoms with E-state index in [0.29, 0.717) is 19.0 Å². The summed E-state index contributed by atoms with van der Waals surface area (Å²) in [6.45, 7) is 17.0. The second-order valence-corrected chi connectivity index (χ2v) is 9.04. The summed E-state index contributed by atoms with van der Waals surface area (Å²) in [6, 6.07) is 0. The molecule has 1 fully saturated rings. The summed E-state index contributed by atoms with van der Waals surface area (Å²) < 4.78 is 10.9. The van der Waals surface area contributed by atoms with Gasteiger partial charge in [-0.2, -0.15) is 0 Å². The minimum Gasteiger partial charge on any atom is -0.444 e. The van der Waals surface area contributed by atoms with Gasteiger partial charge >= 0.3 is 6.09 Å². The van der Waals surface area contributed by atoms with E-state index < -0.39 is 11.7 Å². The summed E-state index contributed by atoms with van der Waals surface area (Å²) in [4.78, 5) is 23.3. The molecule has 32 heavy (non-hydrogen) atoms. The Bertz CT molecular complexity index is 704. The molecule has 0 radical (unpaired) electrons. The van der Waals surface area contributed by atoms with Crippen molar-refractivity contribution in [2.24, 2.45) is 10.9 Å². The number of piperidine rings is 1. The molecule has 0 aliphatic carbocycles. The van der Waals surface area contributed by atoms with E-state index in [0.717, 1.165) is 68.9 Å². The van der Waals surface area contributed by atoms with Crippen LogP contribution in [0.4, 0.5) is 4.79 Å². The van der Waals surface area contributed by atoms with Crippen LogP contribution < -0.4 is 16.0 Å². The third kappa shape index (κ3) is 10.8. The van der Waals surface area contributed by atoms with Crippen LogP contribution in [0.3, 0.4) is 0 Å². The fourth-order valence-corrected chi connectivity index (χ4v) is 3.35. The van der Waals surface area contributed by atoms with E-state index in [9.17, 15) is 4.79 Å². The Morgan fingerprint density at radius 2 is 1.84 bits per heavy atom. The maximum Gasteiger partial charge on any atom is 0.407 e. The first-order valence-electron chi connectivity index (χ1n) is 11.3. The Balaban J connectivity index is 0.00000512. The highest BCUT2D eigenvalue weighted by atomic mass is 127. The number of aryl methyl sites for hydroxylation is 2. The molecule has 3 N–H and O–H groups in total. The monoisotopic (exact) mass is 564 g/mol. The summed E-state index contributed by atoms with van der Waals surface area (Å²) in [6.07, 6.45) is 1.82. The first-order valence-corrected chi connectivity index (χ1v) is 11.3. The van der Waals surface area contributed by atoms with Crippen LogP contribution in [-0.2, 0) is 11.3 Å². The average molecular weight is 565 g/mol. The molecule has 2 rings (SSSR count). The third-order valence-electron chi connectivity index (χ3n) is 5.08. The topological polar surface area (TPSA) is 104 Å². The fourth-order valence-electron chi connectivity index (χ4n) is 3.35. The number of amides is 1. The summed E-state index contributed by atoms with van der Waals surface area (Å²) >= 11 is 0. The van der Waals surface area contributed by atoms with Gasteiger partial charge in [-0.1, -0.05) is 0 Å². The highest BCUT2D eigenvalue weighted by molar-refractivity contribution is 14.0. The van der Waals surface area contributed by atoms with Gasteiger partial charge in [-0.3, -0.25) is 9.89 Å². The van der Waals surface area contributed by atoms with Gasteiger partial charge in [0.05, 0.1) is 12.2 Å². The minimum absolute atomic E-state index is 0. The molecule has 10 heteroatoms. The molecule has 0 atom stereocenters. The lowest BCUT2D eigenvalue weighted by Crippen LogP contribution is -2.43. The molecule has 0 unspecified atom stereocenters. The zero-order chi connectivity index (χ0) is 22.9. The molecule has 1 saturated heterocycles. The summed E-state index contributed by atoms with van der Waals surface area (Å²) in [5.74, 6) is 3.07. The van der Waals surface area contributed by atoms with E-state index in [-0.39, 0.29) is 24.0 Å². The molecule has 1 amide bonds. The molecule has 1 aromatic heterocycles. The Hall–Kier alpha value is -1.56. The number of nitrogens with zero attached hydrogens (tertiary/aromatic N) is 3. The molecule has 1 aliphatic heterocycles. The van der Waals surface area contributed by atoms with E-state index in [1.807, 2.05) is 41.5 Å². The van der Waals surface area contributed by atoms with Crippen LogP contribution in [0.2, 0.25) is 0 Å². The van der Waals surface area contributed by atoms with E-state index in [4.69, 9.17) is 14.1 Å². The fraction of sp³-hybridized carbons (Fsp3) is 0.773. The number of carbonyl (C=O) groups excluding carboxylic acids is 1. The Morgan fingerprint density at radius 3 is 2.41 bits per heavy atom. The van der Waals surface area contributed by atoms with Gasteiger partial charge < -0.3 is 25.1 Å². The van der Waals surface area contributed by atoms with Crippen LogP contribution >= 0.6 is 24.0 Å². The van der Waals surface area contributed by atoms with E-state index in [1.165, 1.54) is 0 Å². The number of aromatic nitrogens is 1. The lowest BCUT2D eigenvalue weighted by atomic mass is 9.97. The number of aliphatic imine (C=N–C) groups is 1. The van der Waals surface area contributed by atoms with Crippen molar-refractivity contribution < 1.29 is 13.9 Å². The van der Waals surface area contributed by atoms with Gasteiger partial charge in [0.1, 0.15) is 11.4 Å². The van der Waals surface area contributed by atoms with Crippen molar-refractivity contribution in [1.29, 1.82) is 0 Å². The molecule has 0 spiro atoms. The predicted molar refractivity (Wildman–Crippen MR) is 138 cm³/mol. The largest absolute Gasteiger partial charge is 0.444 e. The van der Waals surface area contributed by atoms with Gasteiger partial charge in [0.15, 0.2) is 5.96 Å². The maximum absolute atomic E-state index is 11.7. The van der Waals surface area contributed by atoms with Gasteiger partial charge in [0, 0.05) is 26.2 Å². The van der Waals surface area contributed by atoms with Crippen molar-refractivity contribution in [2.75, 3.05) is 39.3 Å². The molecular formula is C22H41IN6O3. The Morgan fingerprint density at radius 1 is 1.19 bits per heavy atom. The summed E-state index contributed by atoms with van der Waals surface area (Å²) in [5, 5.41) is 9.27. The Labute approximate surface area is 209 Å². The Kier molecular flexibility index (Phi) is 12.3. The van der Waals surface area contributed by atoms with Gasteiger partial charge in [-0.15, -0.1) is 24.0 Å². The van der Waals surface area contributed by atoms with Crippen molar-refractivity contribution >= 4 is 36.0 Å². The number of halogens is 1. The van der Waals surface area contributed by atoms with Crippen molar-refractivity contribution in [3.8, 4) is 0 Å². The maximum atomic E-state index is 11.7. The standard InChI is InChI=1S/C22H40N6O3.HI/c1-7-23-20(24-10-11-25-21(29)31-22(4,5)6)26-14-18-8-12-28(13-9-18)15-19-27-16(2)17(3)30-19;/h18H,7-15H2,1-6H3,(H,25,29)(H2,23,24,26);1H. The summed E-state index contributed by atoms with van der Waals surface area (Å²) in [7, 11) is 0. The number of hydrogen-bond donors (Lipinski definition) is 3. The van der Waals surface area contributed by atoms with E-state index in [2.05, 4.69) is 25.8 Å². The molecular weight excluding hydrogens is 523 g/mol. The lowest BCUT2D eigenvalue weighted by Gasteiger charge is -2.30. The van der Waals surface area contributed by atoms with Crippen LogP contribution in [0.1, 0.15) is 57.9 Å². The molecule has 1 aromatic rings. The first-order chi connectivity index (χ1) is 14.7. The molecule has 0 bridgehead atoms. The molecule has 0 aromatic carbocycles. The summed E-state index contributed by atoms with van der Waals surface area (Å²) in [5.41, 5.74) is 0.486. The molecule has 0 saturated carbocycles. The van der Waals surface area contributed by atoms with Crippen LogP contribution in [0.5, 0.6) is 0 Å². The van der Waals surface area contributed by atoms with Crippen molar-refractivity contribution in [3.05, 3.63) is 17.3 Å². The van der Waals surface area contributed by atoms with Crippen molar-refractivity contribution in [2.45, 2.75) is 66.5 Å². The highest BCUT2D eigenvalue weighted by Crippen LogP contribution is 2.20. The number of rotatable bonds is 8. The molecule has 184 valence electrons. The van der Waals surface area contributed by atoms with Crippen LogP contribution in [-0.4, -0.2) is 66.8 Å². The van der Waals surface area contributed by atoms with E-state index >= 15 is 0 Å². The SMILES string of the molecule is CCNC(=NCC1CCN(Cc2nc(C)c(C)o2)CC1)NCCNC(=O)OC(C)(C)C.I. The second kappa shape index (κ2) is 13.9. The zero-order valence-corrected chi connectivity index (χ0v) is 22.7. The third-order valence-corrected chi connectivity index (χ3v) is 5.08.